The molecule has 4 heterocycles. The van der Waals surface area contributed by atoms with Crippen molar-refractivity contribution in [3.63, 3.8) is 0 Å². The number of hydrogen-bond acceptors (Lipinski definition) is 5. The van der Waals surface area contributed by atoms with Crippen LogP contribution in [0.5, 0.6) is 0 Å². The molecule has 11 heteroatoms. The van der Waals surface area contributed by atoms with Crippen LogP contribution in [0.3, 0.4) is 0 Å². The molecule has 0 saturated carbocycles. The molecular weight excluding hydrogens is 412 g/mol. The van der Waals surface area contributed by atoms with Crippen LogP contribution in [0.1, 0.15) is 30.0 Å². The first-order valence-electron chi connectivity index (χ1n) is 9.62. The maximum atomic E-state index is 13.6. The van der Waals surface area contributed by atoms with Gasteiger partial charge in [0.2, 0.25) is 0 Å². The molecule has 6 nitrogen and oxygen atoms in total. The van der Waals surface area contributed by atoms with E-state index >= 15 is 0 Å². The van der Waals surface area contributed by atoms with E-state index < -0.39 is 11.7 Å². The molecule has 0 aliphatic carbocycles. The predicted molar refractivity (Wildman–Crippen MR) is 109 cm³/mol. The van der Waals surface area contributed by atoms with Gasteiger partial charge in [0.15, 0.2) is 4.96 Å². The van der Waals surface area contributed by atoms with Crippen molar-refractivity contribution in [1.82, 2.24) is 24.4 Å². The number of benzene rings is 1. The number of hydrogen-bond donors (Lipinski definition) is 0. The van der Waals surface area contributed by atoms with E-state index in [9.17, 15) is 13.2 Å². The minimum atomic E-state index is -4.52. The molecule has 0 radical (unpaired) electrons. The van der Waals surface area contributed by atoms with Gasteiger partial charge in [0.25, 0.3) is 6.71 Å². The lowest BCUT2D eigenvalue weighted by atomic mass is 9.41. The molecule has 3 aromatic heterocycles. The topological polar surface area (TPSA) is 71.8 Å². The number of aryl methyl sites for hydroxylation is 1. The molecule has 0 spiro atoms. The summed E-state index contributed by atoms with van der Waals surface area (Å²) in [5, 5.41) is 17.0. The summed E-state index contributed by atoms with van der Waals surface area (Å²) in [6, 6.07) is 2.76. The highest BCUT2D eigenvalue weighted by Gasteiger charge is 2.35. The number of imidazole rings is 1. The van der Waals surface area contributed by atoms with Crippen LogP contribution in [-0.4, -0.2) is 31.1 Å². The van der Waals surface area contributed by atoms with Gasteiger partial charge in [-0.05, 0) is 17.7 Å². The summed E-state index contributed by atoms with van der Waals surface area (Å²) in [6.07, 6.45) is 2.90. The van der Waals surface area contributed by atoms with Crippen LogP contribution in [-0.2, 0) is 13.2 Å². The van der Waals surface area contributed by atoms with E-state index in [1.807, 2.05) is 16.8 Å². The molecule has 0 atom stereocenters. The number of rotatable bonds is 2. The summed E-state index contributed by atoms with van der Waals surface area (Å²) in [5.41, 5.74) is 0.712. The zero-order valence-corrected chi connectivity index (χ0v) is 16.8. The van der Waals surface area contributed by atoms with Gasteiger partial charge in [0.1, 0.15) is 11.0 Å². The van der Waals surface area contributed by atoms with Crippen molar-refractivity contribution in [3.05, 3.63) is 35.8 Å². The van der Waals surface area contributed by atoms with E-state index in [-0.39, 0.29) is 17.7 Å². The molecule has 4 aromatic rings. The Kier molecular flexibility index (Phi) is 4.36. The van der Waals surface area contributed by atoms with Gasteiger partial charge in [-0.1, -0.05) is 36.8 Å². The van der Waals surface area contributed by atoms with Crippen LogP contribution < -0.4 is 0 Å². The third-order valence-corrected chi connectivity index (χ3v) is 6.73. The first-order valence-corrected chi connectivity index (χ1v) is 10.4. The van der Waals surface area contributed by atoms with Gasteiger partial charge in [-0.2, -0.15) is 28.2 Å². The minimum absolute atomic E-state index is 0.135. The van der Waals surface area contributed by atoms with Crippen molar-refractivity contribution in [2.75, 3.05) is 0 Å². The molecule has 1 saturated heterocycles. The zero-order chi connectivity index (χ0) is 21.0. The van der Waals surface area contributed by atoms with Gasteiger partial charge in [-0.25, -0.2) is 10.2 Å². The first-order chi connectivity index (χ1) is 14.3. The molecule has 1 aliphatic heterocycles. The Balaban J connectivity index is 1.50. The maximum Gasteiger partial charge on any atom is 0.418 e. The van der Waals surface area contributed by atoms with E-state index in [2.05, 4.69) is 16.2 Å². The quantitative estimate of drug-likeness (QED) is 0.430. The largest absolute Gasteiger partial charge is 0.418 e. The second-order valence-corrected chi connectivity index (χ2v) is 8.72. The lowest BCUT2D eigenvalue weighted by molar-refractivity contribution is -0.136. The number of fused-ring (bicyclic) bond motifs is 2. The van der Waals surface area contributed by atoms with Crippen molar-refractivity contribution >= 4 is 34.0 Å². The lowest BCUT2D eigenvalue weighted by Gasteiger charge is -2.21. The third kappa shape index (κ3) is 3.25. The van der Waals surface area contributed by atoms with Crippen LogP contribution >= 0.6 is 11.3 Å². The standard InChI is InChI=1S/C19H16BF3N6S/c1-28-26-14-7-12(6-13(17(14)27-28)19(21,22)23)16-9-29-8-15(25-18(29)30-16)11-2-4-20(10-24)5-3-11/h6-9,11H,2-5H2,1H3. The van der Waals surface area contributed by atoms with E-state index in [0.717, 1.165) is 47.0 Å². The number of aromatic nitrogens is 5. The number of alkyl halides is 3. The molecule has 0 amide bonds. The lowest BCUT2D eigenvalue weighted by Crippen LogP contribution is -2.18. The predicted octanol–water partition coefficient (Wildman–Crippen LogP) is 4.80. The summed E-state index contributed by atoms with van der Waals surface area (Å²) < 4.78 is 42.6. The SMILES string of the molecule is Cn1nc2cc(-c3cn4cc(C5CCB(C#N)CC5)nc4s3)cc(C(F)(F)F)c2n1. The fourth-order valence-electron chi connectivity index (χ4n) is 4.14. The van der Waals surface area contributed by atoms with E-state index in [1.165, 1.54) is 18.4 Å². The van der Waals surface area contributed by atoms with Gasteiger partial charge in [-0.15, -0.1) is 0 Å². The summed E-state index contributed by atoms with van der Waals surface area (Å²) in [4.78, 5) is 7.30. The zero-order valence-electron chi connectivity index (χ0n) is 16.0. The molecule has 1 fully saturated rings. The molecule has 5 rings (SSSR count). The highest BCUT2D eigenvalue weighted by Crippen LogP contribution is 2.39. The summed E-state index contributed by atoms with van der Waals surface area (Å²) in [6.45, 7) is 0.135. The number of nitrogens with zero attached hydrogens (tertiary/aromatic N) is 6. The average Bonchev–Trinajstić information content (AvgIpc) is 3.38. The Labute approximate surface area is 174 Å². The van der Waals surface area contributed by atoms with Crippen LogP contribution in [0.2, 0.25) is 12.6 Å². The van der Waals surface area contributed by atoms with Crippen molar-refractivity contribution in [3.8, 4) is 16.4 Å². The van der Waals surface area contributed by atoms with Crippen molar-refractivity contribution in [2.24, 2.45) is 7.05 Å². The molecular formula is C19H16BF3N6S. The van der Waals surface area contributed by atoms with E-state index in [1.54, 1.807) is 6.07 Å². The summed E-state index contributed by atoms with van der Waals surface area (Å²) in [5.74, 6) is 2.67. The maximum absolute atomic E-state index is 13.6. The van der Waals surface area contributed by atoms with Gasteiger partial charge in [-0.3, -0.25) is 4.40 Å². The van der Waals surface area contributed by atoms with Crippen LogP contribution in [0.25, 0.3) is 26.4 Å². The number of thiazole rings is 1. The monoisotopic (exact) mass is 428 g/mol. The molecule has 0 N–H and O–H groups in total. The summed E-state index contributed by atoms with van der Waals surface area (Å²) in [7, 11) is 1.50. The Hall–Kier alpha value is -2.87. The third-order valence-electron chi connectivity index (χ3n) is 5.68. The Morgan fingerprint density at radius 3 is 2.63 bits per heavy atom. The van der Waals surface area contributed by atoms with Gasteiger partial charge >= 0.3 is 6.18 Å². The molecule has 1 aromatic carbocycles. The Bertz CT molecular complexity index is 1260. The fourth-order valence-corrected chi connectivity index (χ4v) is 5.10. The Morgan fingerprint density at radius 2 is 1.97 bits per heavy atom. The van der Waals surface area contributed by atoms with Crippen molar-refractivity contribution < 1.29 is 13.2 Å². The minimum Gasteiger partial charge on any atom is -0.297 e. The van der Waals surface area contributed by atoms with E-state index in [4.69, 9.17) is 10.2 Å². The van der Waals surface area contributed by atoms with E-state index in [0.29, 0.717) is 16.4 Å². The summed E-state index contributed by atoms with van der Waals surface area (Å²) >= 11 is 1.35. The highest BCUT2D eigenvalue weighted by molar-refractivity contribution is 7.20. The second kappa shape index (κ2) is 6.84. The van der Waals surface area contributed by atoms with Crippen LogP contribution in [0.15, 0.2) is 24.5 Å². The van der Waals surface area contributed by atoms with Gasteiger partial charge in [0, 0.05) is 31.3 Å². The van der Waals surface area contributed by atoms with Crippen LogP contribution in [0, 0.1) is 11.2 Å². The second-order valence-electron chi connectivity index (χ2n) is 7.71. The molecule has 1 aliphatic rings. The average molecular weight is 428 g/mol. The first kappa shape index (κ1) is 19.1. The van der Waals surface area contributed by atoms with Gasteiger partial charge in [0.05, 0.1) is 16.1 Å². The molecule has 30 heavy (non-hydrogen) atoms. The number of nitriles is 1. The molecule has 0 bridgehead atoms. The smallest absolute Gasteiger partial charge is 0.297 e. The normalized spacial score (nSPS) is 15.9. The Morgan fingerprint density at radius 1 is 1.20 bits per heavy atom. The van der Waals surface area contributed by atoms with Gasteiger partial charge < -0.3 is 0 Å². The molecule has 0 unspecified atom stereocenters. The van der Waals surface area contributed by atoms with Crippen molar-refractivity contribution in [2.45, 2.75) is 37.6 Å². The number of halogens is 3. The van der Waals surface area contributed by atoms with Crippen LogP contribution in [0.4, 0.5) is 13.2 Å². The highest BCUT2D eigenvalue weighted by atomic mass is 32.1. The van der Waals surface area contributed by atoms with Crippen molar-refractivity contribution in [1.29, 1.82) is 5.26 Å². The fraction of sp³-hybridized carbons (Fsp3) is 0.368. The molecule has 152 valence electrons.